The number of nitrogens with one attached hydrogen (secondary N) is 2. The number of likely N-dealkylation sites (tertiary alicyclic amines) is 1. The van der Waals surface area contributed by atoms with Crippen LogP contribution in [0.4, 0.5) is 14.9 Å². The van der Waals surface area contributed by atoms with Crippen LogP contribution in [0.3, 0.4) is 0 Å². The third kappa shape index (κ3) is 4.28. The Balaban J connectivity index is 1.49. The maximum absolute atomic E-state index is 12.9. The summed E-state index contributed by atoms with van der Waals surface area (Å²) >= 11 is 0. The molecular formula is C18H25FN4O2. The summed E-state index contributed by atoms with van der Waals surface area (Å²) in [5.41, 5.74) is 6.11. The molecule has 6 nitrogen and oxygen atoms in total. The predicted octanol–water partition coefficient (Wildman–Crippen LogP) is 2.21. The summed E-state index contributed by atoms with van der Waals surface area (Å²) in [6, 6.07) is 5.12. The molecule has 25 heavy (non-hydrogen) atoms. The number of nitrogens with two attached hydrogens (primary N) is 1. The van der Waals surface area contributed by atoms with Crippen molar-refractivity contribution < 1.29 is 14.0 Å². The number of hydrogen-bond donors (Lipinski definition) is 3. The van der Waals surface area contributed by atoms with Crippen molar-refractivity contribution in [2.24, 2.45) is 5.73 Å². The zero-order valence-corrected chi connectivity index (χ0v) is 14.3. The van der Waals surface area contributed by atoms with Gasteiger partial charge in [-0.1, -0.05) is 19.3 Å². The summed E-state index contributed by atoms with van der Waals surface area (Å²) in [7, 11) is 0. The van der Waals surface area contributed by atoms with Gasteiger partial charge in [-0.3, -0.25) is 4.79 Å². The van der Waals surface area contributed by atoms with Crippen molar-refractivity contribution in [1.82, 2.24) is 10.2 Å². The Morgan fingerprint density at radius 1 is 1.16 bits per heavy atom. The summed E-state index contributed by atoms with van der Waals surface area (Å²) in [4.78, 5) is 26.5. The van der Waals surface area contributed by atoms with E-state index in [1.54, 1.807) is 4.90 Å². The molecule has 7 heteroatoms. The number of halogens is 1. The first kappa shape index (κ1) is 17.7. The van der Waals surface area contributed by atoms with Crippen molar-refractivity contribution in [3.05, 3.63) is 30.1 Å². The van der Waals surface area contributed by atoms with E-state index in [2.05, 4.69) is 10.6 Å². The van der Waals surface area contributed by atoms with E-state index in [1.165, 1.54) is 24.3 Å². The number of amides is 3. The van der Waals surface area contributed by atoms with Gasteiger partial charge in [0, 0.05) is 24.8 Å². The minimum absolute atomic E-state index is 0.00967. The fourth-order valence-corrected chi connectivity index (χ4v) is 3.66. The fourth-order valence-electron chi connectivity index (χ4n) is 3.66. The van der Waals surface area contributed by atoms with Crippen molar-refractivity contribution in [3.8, 4) is 0 Å². The molecule has 136 valence electrons. The van der Waals surface area contributed by atoms with Crippen LogP contribution in [-0.2, 0) is 4.79 Å². The highest BCUT2D eigenvalue weighted by atomic mass is 19.1. The second-order valence-electron chi connectivity index (χ2n) is 7.06. The van der Waals surface area contributed by atoms with Crippen LogP contribution in [0, 0.1) is 5.82 Å². The number of rotatable bonds is 3. The smallest absolute Gasteiger partial charge is 0.319 e. The zero-order chi connectivity index (χ0) is 17.9. The molecule has 1 aromatic carbocycles. The van der Waals surface area contributed by atoms with Gasteiger partial charge in [0.25, 0.3) is 0 Å². The van der Waals surface area contributed by atoms with E-state index in [1.807, 2.05) is 0 Å². The van der Waals surface area contributed by atoms with Crippen molar-refractivity contribution in [2.45, 2.75) is 50.1 Å². The number of urea groups is 1. The van der Waals surface area contributed by atoms with E-state index in [0.717, 1.165) is 32.1 Å². The first-order valence-corrected chi connectivity index (χ1v) is 8.88. The second-order valence-corrected chi connectivity index (χ2v) is 7.06. The van der Waals surface area contributed by atoms with E-state index < -0.39 is 5.54 Å². The highest BCUT2D eigenvalue weighted by Crippen LogP contribution is 2.29. The van der Waals surface area contributed by atoms with Crippen molar-refractivity contribution in [3.63, 3.8) is 0 Å². The van der Waals surface area contributed by atoms with E-state index in [4.69, 9.17) is 5.73 Å². The van der Waals surface area contributed by atoms with E-state index in [9.17, 15) is 14.0 Å². The van der Waals surface area contributed by atoms with E-state index >= 15 is 0 Å². The third-order valence-electron chi connectivity index (χ3n) is 5.08. The molecule has 1 aromatic rings. The summed E-state index contributed by atoms with van der Waals surface area (Å²) in [6.07, 6.45) is 5.32. The maximum atomic E-state index is 12.9. The third-order valence-corrected chi connectivity index (χ3v) is 5.08. The topological polar surface area (TPSA) is 87.5 Å². The number of carbonyl (C=O) groups excluding carboxylic acids is 2. The maximum Gasteiger partial charge on any atom is 0.319 e. The van der Waals surface area contributed by atoms with Crippen molar-refractivity contribution >= 4 is 17.6 Å². The summed E-state index contributed by atoms with van der Waals surface area (Å²) in [5, 5.41) is 5.53. The minimum Gasteiger partial charge on any atom is -0.339 e. The average molecular weight is 348 g/mol. The molecule has 3 amide bonds. The van der Waals surface area contributed by atoms with Gasteiger partial charge in [0.15, 0.2) is 0 Å². The van der Waals surface area contributed by atoms with Gasteiger partial charge in [-0.2, -0.15) is 0 Å². The van der Waals surface area contributed by atoms with Crippen LogP contribution in [0.15, 0.2) is 24.3 Å². The Kier molecular flexibility index (Phi) is 5.22. The molecule has 1 saturated carbocycles. The molecule has 0 bridgehead atoms. The Morgan fingerprint density at radius 3 is 2.52 bits per heavy atom. The van der Waals surface area contributed by atoms with E-state index in [-0.39, 0.29) is 23.8 Å². The van der Waals surface area contributed by atoms with Gasteiger partial charge in [0.2, 0.25) is 5.91 Å². The van der Waals surface area contributed by atoms with Crippen LogP contribution in [0.1, 0.15) is 38.5 Å². The summed E-state index contributed by atoms with van der Waals surface area (Å²) in [6.45, 7) is 1.09. The molecule has 0 radical (unpaired) electrons. The van der Waals surface area contributed by atoms with Crippen LogP contribution in [0.5, 0.6) is 0 Å². The molecule has 1 atom stereocenters. The van der Waals surface area contributed by atoms with Crippen LogP contribution in [-0.4, -0.2) is 41.5 Å². The largest absolute Gasteiger partial charge is 0.339 e. The van der Waals surface area contributed by atoms with E-state index in [0.29, 0.717) is 25.2 Å². The van der Waals surface area contributed by atoms with Crippen LogP contribution in [0.25, 0.3) is 0 Å². The molecule has 2 fully saturated rings. The van der Waals surface area contributed by atoms with Crippen molar-refractivity contribution in [2.75, 3.05) is 18.4 Å². The molecule has 4 N–H and O–H groups in total. The number of hydrogen-bond acceptors (Lipinski definition) is 3. The van der Waals surface area contributed by atoms with Gasteiger partial charge < -0.3 is 21.3 Å². The highest BCUT2D eigenvalue weighted by molar-refractivity contribution is 5.90. The summed E-state index contributed by atoms with van der Waals surface area (Å²) < 4.78 is 12.9. The first-order chi connectivity index (χ1) is 12.0. The standard InChI is InChI=1S/C18H25FN4O2/c19-13-4-6-14(7-5-13)21-17(25)22-15-8-11-23(12-15)16(24)18(20)9-2-1-3-10-18/h4-7,15H,1-3,8-12,20H2,(H2,21,22,25). The predicted molar refractivity (Wildman–Crippen MR) is 93.5 cm³/mol. The number of carbonyl (C=O) groups is 2. The Bertz CT molecular complexity index is 628. The first-order valence-electron chi connectivity index (χ1n) is 8.88. The highest BCUT2D eigenvalue weighted by Gasteiger charge is 2.40. The molecule has 3 rings (SSSR count). The molecule has 0 spiro atoms. The van der Waals surface area contributed by atoms with Gasteiger partial charge in [-0.25, -0.2) is 9.18 Å². The fraction of sp³-hybridized carbons (Fsp3) is 0.556. The lowest BCUT2D eigenvalue weighted by Crippen LogP contribution is -2.56. The molecule has 1 aliphatic carbocycles. The lowest BCUT2D eigenvalue weighted by Gasteiger charge is -2.35. The molecule has 1 saturated heterocycles. The second kappa shape index (κ2) is 7.39. The van der Waals surface area contributed by atoms with Gasteiger partial charge in [-0.15, -0.1) is 0 Å². The molecule has 1 aliphatic heterocycles. The number of anilines is 1. The summed E-state index contributed by atoms with van der Waals surface area (Å²) in [5.74, 6) is -0.343. The quantitative estimate of drug-likeness (QED) is 0.783. The normalized spacial score (nSPS) is 22.5. The zero-order valence-electron chi connectivity index (χ0n) is 14.3. The SMILES string of the molecule is NC1(C(=O)N2CCC(NC(=O)Nc3ccc(F)cc3)C2)CCCCC1. The van der Waals surface area contributed by atoms with Crippen LogP contribution in [0.2, 0.25) is 0 Å². The van der Waals surface area contributed by atoms with Crippen LogP contribution < -0.4 is 16.4 Å². The molecule has 0 aromatic heterocycles. The van der Waals surface area contributed by atoms with Gasteiger partial charge in [0.05, 0.1) is 5.54 Å². The average Bonchev–Trinajstić information content (AvgIpc) is 3.05. The van der Waals surface area contributed by atoms with Gasteiger partial charge >= 0.3 is 6.03 Å². The Morgan fingerprint density at radius 2 is 1.84 bits per heavy atom. The Labute approximate surface area is 146 Å². The lowest BCUT2D eigenvalue weighted by molar-refractivity contribution is -0.137. The molecule has 1 unspecified atom stereocenters. The molecule has 2 aliphatic rings. The van der Waals surface area contributed by atoms with Gasteiger partial charge in [0.1, 0.15) is 5.82 Å². The molecule has 1 heterocycles. The molecular weight excluding hydrogens is 323 g/mol. The van der Waals surface area contributed by atoms with Gasteiger partial charge in [-0.05, 0) is 43.5 Å². The monoisotopic (exact) mass is 348 g/mol. The number of benzene rings is 1. The minimum atomic E-state index is -0.733. The number of nitrogens with zero attached hydrogens (tertiary/aromatic N) is 1. The Hall–Kier alpha value is -2.15. The van der Waals surface area contributed by atoms with Crippen LogP contribution >= 0.6 is 0 Å². The van der Waals surface area contributed by atoms with Crippen molar-refractivity contribution in [1.29, 1.82) is 0 Å². The lowest BCUT2D eigenvalue weighted by atomic mass is 9.81.